The maximum absolute atomic E-state index is 12.5. The van der Waals surface area contributed by atoms with Crippen LogP contribution >= 0.6 is 0 Å². The van der Waals surface area contributed by atoms with Crippen LogP contribution in [0.3, 0.4) is 0 Å². The van der Waals surface area contributed by atoms with E-state index in [-0.39, 0.29) is 35.9 Å². The number of ether oxygens (including phenoxy) is 2. The summed E-state index contributed by atoms with van der Waals surface area (Å²) in [7, 11) is 0. The van der Waals surface area contributed by atoms with Gasteiger partial charge in [-0.25, -0.2) is 0 Å². The highest BCUT2D eigenvalue weighted by molar-refractivity contribution is 5.83. The molecule has 2 aliphatic heterocycles. The zero-order chi connectivity index (χ0) is 18.3. The first-order chi connectivity index (χ1) is 12.6. The van der Waals surface area contributed by atoms with E-state index in [0.29, 0.717) is 19.7 Å². The van der Waals surface area contributed by atoms with E-state index in [1.165, 1.54) is 5.56 Å². The zero-order valence-corrected chi connectivity index (χ0v) is 15.5. The van der Waals surface area contributed by atoms with Gasteiger partial charge in [0.05, 0.1) is 12.7 Å². The third-order valence-electron chi connectivity index (χ3n) is 5.70. The van der Waals surface area contributed by atoms with Gasteiger partial charge in [0, 0.05) is 54.9 Å². The number of aliphatic hydroxyl groups excluding tert-OH is 1. The minimum Gasteiger partial charge on any atom is -0.494 e. The van der Waals surface area contributed by atoms with Gasteiger partial charge in [-0.3, -0.25) is 4.79 Å². The Morgan fingerprint density at radius 1 is 1.42 bits per heavy atom. The molecule has 0 radical (unpaired) electrons. The molecule has 1 aromatic rings. The van der Waals surface area contributed by atoms with Crippen molar-refractivity contribution in [3.05, 3.63) is 23.3 Å². The average Bonchev–Trinajstić information content (AvgIpc) is 3.17. The highest BCUT2D eigenvalue weighted by Gasteiger charge is 2.46. The first kappa shape index (κ1) is 17.6. The van der Waals surface area contributed by atoms with Gasteiger partial charge in [0.15, 0.2) is 0 Å². The predicted molar refractivity (Wildman–Crippen MR) is 97.6 cm³/mol. The molecule has 1 amide bonds. The zero-order valence-electron chi connectivity index (χ0n) is 15.5. The van der Waals surface area contributed by atoms with Crippen LogP contribution in [0.2, 0.25) is 0 Å². The van der Waals surface area contributed by atoms with Gasteiger partial charge in [0.1, 0.15) is 17.6 Å². The minimum atomic E-state index is -0.370. The minimum absolute atomic E-state index is 0.0161. The predicted octanol–water partition coefficient (Wildman–Crippen LogP) is 1.21. The molecule has 6 nitrogen and oxygen atoms in total. The molecule has 0 aromatic heterocycles. The molecule has 3 aliphatic rings. The van der Waals surface area contributed by atoms with Crippen LogP contribution < -0.4 is 20.1 Å². The topological polar surface area (TPSA) is 79.8 Å². The number of β-amino-alcohol motifs (C(OH)–C–C–N with tert-alkyl or cyclic N) is 1. The fourth-order valence-corrected chi connectivity index (χ4v) is 4.14. The summed E-state index contributed by atoms with van der Waals surface area (Å²) in [4.78, 5) is 12.5. The van der Waals surface area contributed by atoms with Crippen molar-refractivity contribution < 1.29 is 19.4 Å². The van der Waals surface area contributed by atoms with Gasteiger partial charge in [-0.1, -0.05) is 0 Å². The number of carbonyl (C=O) groups excluding carboxylic acids is 1. The van der Waals surface area contributed by atoms with Crippen molar-refractivity contribution in [2.24, 2.45) is 11.8 Å². The Labute approximate surface area is 154 Å². The molecule has 1 saturated heterocycles. The molecule has 3 N–H and O–H groups in total. The van der Waals surface area contributed by atoms with E-state index in [0.717, 1.165) is 36.4 Å². The van der Waals surface area contributed by atoms with Crippen LogP contribution in [0.5, 0.6) is 11.5 Å². The molecule has 5 unspecified atom stereocenters. The lowest BCUT2D eigenvalue weighted by molar-refractivity contribution is -0.122. The van der Waals surface area contributed by atoms with Crippen LogP contribution in [-0.2, 0) is 11.2 Å². The van der Waals surface area contributed by atoms with Crippen molar-refractivity contribution in [1.29, 1.82) is 0 Å². The maximum atomic E-state index is 12.5. The Bertz CT molecular complexity index is 693. The van der Waals surface area contributed by atoms with Gasteiger partial charge in [0.2, 0.25) is 5.91 Å². The Hall–Kier alpha value is -1.79. The molecule has 142 valence electrons. The summed E-state index contributed by atoms with van der Waals surface area (Å²) in [5, 5.41) is 16.0. The Kier molecular flexibility index (Phi) is 4.80. The third kappa shape index (κ3) is 3.40. The van der Waals surface area contributed by atoms with Crippen molar-refractivity contribution in [3.63, 3.8) is 0 Å². The standard InChI is InChI=1S/C20H28N2O4/c1-3-25-19-5-12-4-11(2)26-18(12)7-15(19)14-6-16(14)20(24)22-9-13-8-21-10-17(13)23/h5,7,11,13-14,16-17,21,23H,3-4,6,8-10H2,1-2H3,(H,22,24). The van der Waals surface area contributed by atoms with Crippen LogP contribution in [0.15, 0.2) is 12.1 Å². The van der Waals surface area contributed by atoms with Gasteiger partial charge in [-0.2, -0.15) is 0 Å². The number of hydrogen-bond donors (Lipinski definition) is 3. The second kappa shape index (κ2) is 7.08. The number of amides is 1. The van der Waals surface area contributed by atoms with E-state index in [9.17, 15) is 9.90 Å². The summed E-state index contributed by atoms with van der Waals surface area (Å²) in [5.74, 6) is 2.17. The van der Waals surface area contributed by atoms with Crippen molar-refractivity contribution in [2.45, 2.75) is 44.8 Å². The van der Waals surface area contributed by atoms with Crippen LogP contribution in [0.1, 0.15) is 37.3 Å². The summed E-state index contributed by atoms with van der Waals surface area (Å²) in [6.45, 7) is 6.55. The lowest BCUT2D eigenvalue weighted by Gasteiger charge is -2.15. The SMILES string of the molecule is CCOc1cc2c(cc1C1CC1C(=O)NCC1CNCC1O)OC(C)C2. The van der Waals surface area contributed by atoms with Gasteiger partial charge < -0.3 is 25.2 Å². The molecule has 1 saturated carbocycles. The molecule has 4 rings (SSSR count). The van der Waals surface area contributed by atoms with E-state index in [4.69, 9.17) is 9.47 Å². The number of hydrogen-bond acceptors (Lipinski definition) is 5. The largest absolute Gasteiger partial charge is 0.494 e. The maximum Gasteiger partial charge on any atom is 0.223 e. The number of carbonyl (C=O) groups is 1. The molecular weight excluding hydrogens is 332 g/mol. The molecule has 5 atom stereocenters. The second-order valence-corrected chi connectivity index (χ2v) is 7.74. The number of nitrogens with one attached hydrogen (secondary N) is 2. The molecule has 1 aromatic carbocycles. The molecule has 1 aliphatic carbocycles. The third-order valence-corrected chi connectivity index (χ3v) is 5.70. The van der Waals surface area contributed by atoms with E-state index in [1.54, 1.807) is 0 Å². The molecular formula is C20H28N2O4. The molecule has 2 heterocycles. The Morgan fingerprint density at radius 3 is 3.00 bits per heavy atom. The Balaban J connectivity index is 1.42. The summed E-state index contributed by atoms with van der Waals surface area (Å²) in [5.41, 5.74) is 2.27. The summed E-state index contributed by atoms with van der Waals surface area (Å²) < 4.78 is 11.7. The highest BCUT2D eigenvalue weighted by Crippen LogP contribution is 2.52. The van der Waals surface area contributed by atoms with E-state index < -0.39 is 0 Å². The van der Waals surface area contributed by atoms with E-state index >= 15 is 0 Å². The van der Waals surface area contributed by atoms with Crippen molar-refractivity contribution in [3.8, 4) is 11.5 Å². The van der Waals surface area contributed by atoms with Crippen LogP contribution in [0, 0.1) is 11.8 Å². The molecule has 6 heteroatoms. The smallest absolute Gasteiger partial charge is 0.223 e. The van der Waals surface area contributed by atoms with E-state index in [1.807, 2.05) is 6.92 Å². The first-order valence-corrected chi connectivity index (χ1v) is 9.69. The van der Waals surface area contributed by atoms with Crippen molar-refractivity contribution in [2.75, 3.05) is 26.2 Å². The average molecular weight is 360 g/mol. The van der Waals surface area contributed by atoms with Crippen LogP contribution in [0.4, 0.5) is 0 Å². The highest BCUT2D eigenvalue weighted by atomic mass is 16.5. The number of benzene rings is 1. The van der Waals surface area contributed by atoms with Gasteiger partial charge >= 0.3 is 0 Å². The summed E-state index contributed by atoms with van der Waals surface area (Å²) >= 11 is 0. The quantitative estimate of drug-likeness (QED) is 0.711. The fraction of sp³-hybridized carbons (Fsp3) is 0.650. The van der Waals surface area contributed by atoms with Gasteiger partial charge in [0.25, 0.3) is 0 Å². The summed E-state index contributed by atoms with van der Waals surface area (Å²) in [6.07, 6.45) is 1.57. The second-order valence-electron chi connectivity index (χ2n) is 7.74. The molecule has 2 fully saturated rings. The number of fused-ring (bicyclic) bond motifs is 1. The Morgan fingerprint density at radius 2 is 2.27 bits per heavy atom. The fourth-order valence-electron chi connectivity index (χ4n) is 4.14. The summed E-state index contributed by atoms with van der Waals surface area (Å²) in [6, 6.07) is 4.16. The van der Waals surface area contributed by atoms with E-state index in [2.05, 4.69) is 29.7 Å². The first-order valence-electron chi connectivity index (χ1n) is 9.69. The molecule has 26 heavy (non-hydrogen) atoms. The molecule has 0 bridgehead atoms. The van der Waals surface area contributed by atoms with Crippen LogP contribution in [0.25, 0.3) is 0 Å². The normalized spacial score (nSPS) is 32.0. The van der Waals surface area contributed by atoms with Crippen LogP contribution in [-0.4, -0.2) is 49.5 Å². The van der Waals surface area contributed by atoms with Gasteiger partial charge in [-0.15, -0.1) is 0 Å². The number of aliphatic hydroxyl groups is 1. The lowest BCUT2D eigenvalue weighted by atomic mass is 10.0. The molecule has 0 spiro atoms. The van der Waals surface area contributed by atoms with Crippen molar-refractivity contribution >= 4 is 5.91 Å². The van der Waals surface area contributed by atoms with Gasteiger partial charge in [-0.05, 0) is 32.4 Å². The lowest BCUT2D eigenvalue weighted by Crippen LogP contribution is -2.35. The van der Waals surface area contributed by atoms with Crippen molar-refractivity contribution in [1.82, 2.24) is 10.6 Å². The number of rotatable bonds is 6. The monoisotopic (exact) mass is 360 g/mol.